The van der Waals surface area contributed by atoms with Crippen LogP contribution in [0.3, 0.4) is 0 Å². The van der Waals surface area contributed by atoms with Gasteiger partial charge in [-0.2, -0.15) is 5.10 Å². The van der Waals surface area contributed by atoms with Crippen molar-refractivity contribution in [2.45, 2.75) is 39.9 Å². The van der Waals surface area contributed by atoms with Crippen LogP contribution in [-0.4, -0.2) is 77.4 Å². The van der Waals surface area contributed by atoms with Crippen molar-refractivity contribution in [1.29, 1.82) is 0 Å². The SMILES string of the molecule is CCNC(=NCc1ccccc1Cn1cccn1)NCC(C)N1CCN(CC)CC1. The Labute approximate surface area is 181 Å². The number of benzene rings is 1. The van der Waals surface area contributed by atoms with Crippen LogP contribution in [0.15, 0.2) is 47.7 Å². The molecule has 1 aromatic carbocycles. The second kappa shape index (κ2) is 11.7. The number of hydrogen-bond acceptors (Lipinski definition) is 4. The van der Waals surface area contributed by atoms with E-state index in [9.17, 15) is 0 Å². The molecule has 1 aliphatic rings. The molecule has 7 heteroatoms. The van der Waals surface area contributed by atoms with E-state index < -0.39 is 0 Å². The van der Waals surface area contributed by atoms with Gasteiger partial charge in [0.1, 0.15) is 0 Å². The van der Waals surface area contributed by atoms with Crippen LogP contribution >= 0.6 is 0 Å². The van der Waals surface area contributed by atoms with E-state index in [1.807, 2.05) is 23.1 Å². The van der Waals surface area contributed by atoms with E-state index in [0.29, 0.717) is 12.6 Å². The Kier molecular flexibility index (Phi) is 8.71. The van der Waals surface area contributed by atoms with Gasteiger partial charge in [-0.1, -0.05) is 31.2 Å². The highest BCUT2D eigenvalue weighted by atomic mass is 15.3. The molecule has 1 fully saturated rings. The van der Waals surface area contributed by atoms with Gasteiger partial charge >= 0.3 is 0 Å². The van der Waals surface area contributed by atoms with Gasteiger partial charge < -0.3 is 15.5 Å². The Balaban J connectivity index is 1.56. The Morgan fingerprint density at radius 1 is 1.07 bits per heavy atom. The molecule has 0 spiro atoms. The fourth-order valence-electron chi connectivity index (χ4n) is 3.83. The van der Waals surface area contributed by atoms with Gasteiger partial charge in [0.2, 0.25) is 0 Å². The summed E-state index contributed by atoms with van der Waals surface area (Å²) in [6.45, 7) is 15.6. The first-order chi connectivity index (χ1) is 14.7. The van der Waals surface area contributed by atoms with E-state index in [1.165, 1.54) is 24.2 Å². The lowest BCUT2D eigenvalue weighted by atomic mass is 10.1. The smallest absolute Gasteiger partial charge is 0.191 e. The summed E-state index contributed by atoms with van der Waals surface area (Å²) < 4.78 is 1.95. The molecule has 7 nitrogen and oxygen atoms in total. The fourth-order valence-corrected chi connectivity index (χ4v) is 3.83. The Morgan fingerprint density at radius 2 is 1.83 bits per heavy atom. The van der Waals surface area contributed by atoms with E-state index in [-0.39, 0.29) is 0 Å². The largest absolute Gasteiger partial charge is 0.357 e. The molecule has 2 aromatic rings. The second-order valence-corrected chi connectivity index (χ2v) is 7.87. The minimum atomic E-state index is 0.486. The first-order valence-corrected chi connectivity index (χ1v) is 11.2. The average Bonchev–Trinajstić information content (AvgIpc) is 3.29. The van der Waals surface area contributed by atoms with E-state index >= 15 is 0 Å². The monoisotopic (exact) mass is 411 g/mol. The van der Waals surface area contributed by atoms with Crippen LogP contribution in [0.4, 0.5) is 0 Å². The molecule has 0 bridgehead atoms. The molecule has 1 saturated heterocycles. The van der Waals surface area contributed by atoms with Crippen LogP contribution in [-0.2, 0) is 13.1 Å². The molecule has 164 valence electrons. The normalized spacial score (nSPS) is 17.1. The lowest BCUT2D eigenvalue weighted by molar-refractivity contribution is 0.107. The highest BCUT2D eigenvalue weighted by Crippen LogP contribution is 2.12. The second-order valence-electron chi connectivity index (χ2n) is 7.87. The number of piperazine rings is 1. The first-order valence-electron chi connectivity index (χ1n) is 11.2. The number of hydrogen-bond donors (Lipinski definition) is 2. The summed E-state index contributed by atoms with van der Waals surface area (Å²) in [5.74, 6) is 0.880. The van der Waals surface area contributed by atoms with Crippen LogP contribution in [0.1, 0.15) is 31.9 Å². The van der Waals surface area contributed by atoms with Crippen LogP contribution in [0.25, 0.3) is 0 Å². The molecule has 0 amide bonds. The number of nitrogens with one attached hydrogen (secondary N) is 2. The molecule has 0 aliphatic carbocycles. The molecule has 1 aliphatic heterocycles. The van der Waals surface area contributed by atoms with E-state index in [1.54, 1.807) is 0 Å². The molecule has 30 heavy (non-hydrogen) atoms. The highest BCUT2D eigenvalue weighted by molar-refractivity contribution is 5.79. The summed E-state index contributed by atoms with van der Waals surface area (Å²) in [5, 5.41) is 11.3. The lowest BCUT2D eigenvalue weighted by Gasteiger charge is -2.37. The van der Waals surface area contributed by atoms with Crippen molar-refractivity contribution in [1.82, 2.24) is 30.2 Å². The third kappa shape index (κ3) is 6.57. The Morgan fingerprint density at radius 3 is 2.50 bits per heavy atom. The van der Waals surface area contributed by atoms with Crippen molar-refractivity contribution in [2.24, 2.45) is 4.99 Å². The molecule has 1 aromatic heterocycles. The zero-order valence-electron chi connectivity index (χ0n) is 18.7. The maximum absolute atomic E-state index is 4.85. The maximum Gasteiger partial charge on any atom is 0.191 e. The fraction of sp³-hybridized carbons (Fsp3) is 0.565. The zero-order valence-corrected chi connectivity index (χ0v) is 18.7. The third-order valence-electron chi connectivity index (χ3n) is 5.80. The third-order valence-corrected chi connectivity index (χ3v) is 5.80. The van der Waals surface area contributed by atoms with Crippen molar-refractivity contribution in [2.75, 3.05) is 45.8 Å². The molecule has 1 atom stereocenters. The van der Waals surface area contributed by atoms with E-state index in [2.05, 4.69) is 70.6 Å². The van der Waals surface area contributed by atoms with Crippen LogP contribution in [0.5, 0.6) is 0 Å². The lowest BCUT2D eigenvalue weighted by Crippen LogP contribution is -2.53. The molecule has 2 heterocycles. The minimum absolute atomic E-state index is 0.486. The highest BCUT2D eigenvalue weighted by Gasteiger charge is 2.20. The molecule has 1 unspecified atom stereocenters. The van der Waals surface area contributed by atoms with Crippen molar-refractivity contribution in [3.63, 3.8) is 0 Å². The summed E-state index contributed by atoms with van der Waals surface area (Å²) in [7, 11) is 0. The Hall–Kier alpha value is -2.38. The summed E-state index contributed by atoms with van der Waals surface area (Å²) >= 11 is 0. The van der Waals surface area contributed by atoms with Gasteiger partial charge in [-0.05, 0) is 37.6 Å². The zero-order chi connectivity index (χ0) is 21.2. The first kappa shape index (κ1) is 22.3. The molecular weight excluding hydrogens is 374 g/mol. The molecular formula is C23H37N7. The number of aliphatic imine (C=N–C) groups is 1. The number of rotatable bonds is 9. The van der Waals surface area contributed by atoms with Gasteiger partial charge in [-0.3, -0.25) is 9.58 Å². The van der Waals surface area contributed by atoms with Gasteiger partial charge in [-0.15, -0.1) is 0 Å². The summed E-state index contributed by atoms with van der Waals surface area (Å²) in [6.07, 6.45) is 3.81. The summed E-state index contributed by atoms with van der Waals surface area (Å²) in [6, 6.07) is 10.9. The van der Waals surface area contributed by atoms with Crippen LogP contribution < -0.4 is 10.6 Å². The number of aromatic nitrogens is 2. The number of likely N-dealkylation sites (N-methyl/N-ethyl adjacent to an activating group) is 1. The maximum atomic E-state index is 4.85. The van der Waals surface area contributed by atoms with Crippen molar-refractivity contribution in [3.05, 3.63) is 53.9 Å². The predicted molar refractivity (Wildman–Crippen MR) is 124 cm³/mol. The minimum Gasteiger partial charge on any atom is -0.357 e. The number of nitrogens with zero attached hydrogens (tertiary/aromatic N) is 5. The van der Waals surface area contributed by atoms with Gasteiger partial charge in [0.15, 0.2) is 5.96 Å². The average molecular weight is 412 g/mol. The van der Waals surface area contributed by atoms with Crippen molar-refractivity contribution < 1.29 is 0 Å². The van der Waals surface area contributed by atoms with Gasteiger partial charge in [-0.25, -0.2) is 4.99 Å². The van der Waals surface area contributed by atoms with Gasteiger partial charge in [0.05, 0.1) is 13.1 Å². The quantitative estimate of drug-likeness (QED) is 0.488. The topological polar surface area (TPSA) is 60.7 Å². The van der Waals surface area contributed by atoms with Crippen molar-refractivity contribution >= 4 is 5.96 Å². The van der Waals surface area contributed by atoms with Crippen molar-refractivity contribution in [3.8, 4) is 0 Å². The standard InChI is InChI=1S/C23H37N7/c1-4-24-23(25-17-20(3)29-15-13-28(5-2)14-16-29)26-18-21-9-6-7-10-22(21)19-30-12-8-11-27-30/h6-12,20H,4-5,13-19H2,1-3H3,(H2,24,25,26). The summed E-state index contributed by atoms with van der Waals surface area (Å²) in [5.41, 5.74) is 2.48. The molecule has 0 radical (unpaired) electrons. The molecule has 0 saturated carbocycles. The summed E-state index contributed by atoms with van der Waals surface area (Å²) in [4.78, 5) is 9.94. The van der Waals surface area contributed by atoms with Gasteiger partial charge in [0, 0.05) is 57.7 Å². The molecule has 2 N–H and O–H groups in total. The van der Waals surface area contributed by atoms with Gasteiger partial charge in [0.25, 0.3) is 0 Å². The van der Waals surface area contributed by atoms with Crippen LogP contribution in [0.2, 0.25) is 0 Å². The Bertz CT molecular complexity index is 764. The van der Waals surface area contributed by atoms with E-state index in [0.717, 1.165) is 45.2 Å². The van der Waals surface area contributed by atoms with E-state index in [4.69, 9.17) is 4.99 Å². The van der Waals surface area contributed by atoms with Crippen LogP contribution in [0, 0.1) is 0 Å². The number of guanidine groups is 1. The molecule has 3 rings (SSSR count). The predicted octanol–water partition coefficient (Wildman–Crippen LogP) is 2.01.